The van der Waals surface area contributed by atoms with Crippen molar-refractivity contribution in [3.63, 3.8) is 0 Å². The van der Waals surface area contributed by atoms with Gasteiger partial charge in [0, 0.05) is 30.6 Å². The van der Waals surface area contributed by atoms with Gasteiger partial charge in [-0.25, -0.2) is 0 Å². The van der Waals surface area contributed by atoms with E-state index in [0.717, 1.165) is 9.80 Å². The molecule has 0 bridgehead atoms. The first kappa shape index (κ1) is 26.4. The second-order valence-corrected chi connectivity index (χ2v) is 10.4. The number of aromatic hydroxyl groups is 1. The maximum atomic E-state index is 13.6. The van der Waals surface area contributed by atoms with Gasteiger partial charge in [-0.2, -0.15) is 0 Å². The number of allylic oxidation sites excluding steroid dienone is 2. The van der Waals surface area contributed by atoms with Crippen LogP contribution in [0.15, 0.2) is 29.8 Å². The van der Waals surface area contributed by atoms with Crippen molar-refractivity contribution in [2.24, 2.45) is 29.6 Å². The fourth-order valence-corrected chi connectivity index (χ4v) is 6.84. The Balaban J connectivity index is 1.57. The molecule has 3 N–H and O–H groups in total. The van der Waals surface area contributed by atoms with Crippen molar-refractivity contribution in [1.29, 1.82) is 0 Å². The number of hydrogen-bond acceptors (Lipinski definition) is 8. The smallest absolute Gasteiger partial charge is 0.305 e. The number of carboxylic acids is 2. The van der Waals surface area contributed by atoms with Gasteiger partial charge in [-0.1, -0.05) is 17.7 Å². The van der Waals surface area contributed by atoms with Crippen LogP contribution in [0.2, 0.25) is 0 Å². The Kier molecular flexibility index (Phi) is 6.65. The van der Waals surface area contributed by atoms with Crippen molar-refractivity contribution >= 4 is 35.6 Å². The molecule has 2 heterocycles. The fraction of sp³-hybridized carbons (Fsp3) is 0.481. The zero-order valence-corrected chi connectivity index (χ0v) is 21.1. The molecule has 0 spiro atoms. The number of benzene rings is 1. The third-order valence-corrected chi connectivity index (χ3v) is 8.50. The van der Waals surface area contributed by atoms with E-state index < -0.39 is 77.5 Å². The maximum absolute atomic E-state index is 13.6. The zero-order chi connectivity index (χ0) is 28.2. The number of carbonyl (C=O) groups is 6. The van der Waals surface area contributed by atoms with E-state index >= 15 is 0 Å². The number of rotatable bonds is 8. The molecule has 6 atom stereocenters. The van der Waals surface area contributed by atoms with Gasteiger partial charge in [-0.15, -0.1) is 0 Å². The quantitative estimate of drug-likeness (QED) is 0.318. The van der Waals surface area contributed by atoms with Gasteiger partial charge in [0.1, 0.15) is 11.5 Å². The van der Waals surface area contributed by atoms with E-state index in [1.54, 1.807) is 18.2 Å². The van der Waals surface area contributed by atoms with E-state index in [1.165, 1.54) is 13.2 Å². The molecule has 4 aliphatic rings. The number of amides is 4. The van der Waals surface area contributed by atoms with Crippen LogP contribution in [0.4, 0.5) is 0 Å². The lowest BCUT2D eigenvalue weighted by Crippen LogP contribution is -2.43. The lowest BCUT2D eigenvalue weighted by Gasteiger charge is -2.44. The van der Waals surface area contributed by atoms with Crippen molar-refractivity contribution < 1.29 is 48.8 Å². The normalized spacial score (nSPS) is 29.6. The Labute approximate surface area is 222 Å². The summed E-state index contributed by atoms with van der Waals surface area (Å²) < 4.78 is 5.19. The van der Waals surface area contributed by atoms with E-state index in [2.05, 4.69) is 0 Å². The van der Waals surface area contributed by atoms with Crippen LogP contribution in [0.1, 0.15) is 37.2 Å². The predicted molar refractivity (Wildman–Crippen MR) is 130 cm³/mol. The number of ether oxygens (including phenoxy) is 1. The van der Waals surface area contributed by atoms with Gasteiger partial charge >= 0.3 is 11.9 Å². The van der Waals surface area contributed by atoms with Gasteiger partial charge in [0.25, 0.3) is 0 Å². The standard InChI is InChI=1S/C27H28N2O10/c1-39-12-2-3-14(18(30)10-12)21-13-4-5-15-22(26(37)28(24(15)35)8-6-19(31)32)16(13)11-17-23(21)27(38)29(25(17)36)9-7-20(33)34/h2-4,10,15-17,21-23,30H,5-9,11H2,1H3,(H,31,32)(H,33,34). The summed E-state index contributed by atoms with van der Waals surface area (Å²) in [5.41, 5.74) is 1.03. The average Bonchev–Trinajstić information content (AvgIpc) is 3.28. The lowest BCUT2D eigenvalue weighted by molar-refractivity contribution is -0.145. The van der Waals surface area contributed by atoms with Gasteiger partial charge in [0.2, 0.25) is 23.6 Å². The molecule has 0 radical (unpaired) electrons. The Morgan fingerprint density at radius 1 is 0.872 bits per heavy atom. The highest BCUT2D eigenvalue weighted by Gasteiger charge is 2.62. The van der Waals surface area contributed by atoms with Crippen molar-refractivity contribution in [3.8, 4) is 11.5 Å². The molecule has 3 fully saturated rings. The maximum Gasteiger partial charge on any atom is 0.305 e. The van der Waals surface area contributed by atoms with Crippen LogP contribution in [-0.2, 0) is 28.8 Å². The summed E-state index contributed by atoms with van der Waals surface area (Å²) in [5, 5.41) is 29.2. The Morgan fingerprint density at radius 3 is 2.03 bits per heavy atom. The fourth-order valence-electron chi connectivity index (χ4n) is 6.84. The van der Waals surface area contributed by atoms with E-state index in [-0.39, 0.29) is 38.1 Å². The summed E-state index contributed by atoms with van der Waals surface area (Å²) in [7, 11) is 1.43. The van der Waals surface area contributed by atoms with Gasteiger partial charge in [0.15, 0.2) is 0 Å². The summed E-state index contributed by atoms with van der Waals surface area (Å²) in [6, 6.07) is 4.60. The van der Waals surface area contributed by atoms with Crippen LogP contribution in [0.3, 0.4) is 0 Å². The molecule has 206 valence electrons. The predicted octanol–water partition coefficient (Wildman–Crippen LogP) is 0.986. The molecular weight excluding hydrogens is 512 g/mol. The number of aliphatic carboxylic acids is 2. The van der Waals surface area contributed by atoms with Gasteiger partial charge in [0.05, 0.1) is 43.6 Å². The molecule has 2 saturated heterocycles. The molecule has 2 aliphatic carbocycles. The molecule has 4 amide bonds. The molecule has 6 unspecified atom stereocenters. The summed E-state index contributed by atoms with van der Waals surface area (Å²) >= 11 is 0. The molecule has 12 heteroatoms. The highest BCUT2D eigenvalue weighted by Crippen LogP contribution is 2.58. The molecule has 1 aromatic carbocycles. The zero-order valence-electron chi connectivity index (χ0n) is 21.1. The minimum absolute atomic E-state index is 0.102. The summed E-state index contributed by atoms with van der Waals surface area (Å²) in [6.45, 7) is -0.547. The SMILES string of the molecule is COc1ccc(C2C3=CCC4C(=O)N(CCC(=O)O)C(=O)C4C3CC3C(=O)N(CCC(=O)O)C(=O)C32)c(O)c1. The van der Waals surface area contributed by atoms with Crippen LogP contribution in [-0.4, -0.2) is 80.9 Å². The average molecular weight is 541 g/mol. The number of methoxy groups -OCH3 is 1. The van der Waals surface area contributed by atoms with Gasteiger partial charge in [-0.05, 0) is 24.8 Å². The van der Waals surface area contributed by atoms with Crippen molar-refractivity contribution in [2.75, 3.05) is 20.2 Å². The molecular formula is C27H28N2O10. The number of phenolic OH excluding ortho intramolecular Hbond substituents is 1. The summed E-state index contributed by atoms with van der Waals surface area (Å²) in [4.78, 5) is 77.9. The Morgan fingerprint density at radius 2 is 1.46 bits per heavy atom. The van der Waals surface area contributed by atoms with Gasteiger partial charge < -0.3 is 20.1 Å². The van der Waals surface area contributed by atoms with Crippen molar-refractivity contribution in [2.45, 2.75) is 31.6 Å². The minimum atomic E-state index is -1.16. The largest absolute Gasteiger partial charge is 0.508 e. The molecule has 2 aliphatic heterocycles. The molecule has 12 nitrogen and oxygen atoms in total. The molecule has 5 rings (SSSR count). The first-order valence-electron chi connectivity index (χ1n) is 12.8. The first-order valence-corrected chi connectivity index (χ1v) is 12.8. The molecule has 0 aromatic heterocycles. The summed E-state index contributed by atoms with van der Waals surface area (Å²) in [6.07, 6.45) is 1.30. The highest BCUT2D eigenvalue weighted by atomic mass is 16.5. The molecule has 1 saturated carbocycles. The highest BCUT2D eigenvalue weighted by molar-refractivity contribution is 6.08. The number of carbonyl (C=O) groups excluding carboxylic acids is 4. The number of carboxylic acid groups (broad SMARTS) is 2. The topological polar surface area (TPSA) is 179 Å². The van der Waals surface area contributed by atoms with E-state index in [9.17, 15) is 33.9 Å². The number of phenols is 1. The van der Waals surface area contributed by atoms with E-state index in [1.807, 2.05) is 0 Å². The van der Waals surface area contributed by atoms with Crippen molar-refractivity contribution in [1.82, 2.24) is 9.80 Å². The lowest BCUT2D eigenvalue weighted by atomic mass is 9.57. The van der Waals surface area contributed by atoms with Crippen LogP contribution in [0.25, 0.3) is 0 Å². The third kappa shape index (κ3) is 4.23. The monoisotopic (exact) mass is 540 g/mol. The van der Waals surface area contributed by atoms with Crippen LogP contribution in [0, 0.1) is 29.6 Å². The van der Waals surface area contributed by atoms with E-state index in [4.69, 9.17) is 14.9 Å². The number of nitrogens with zero attached hydrogens (tertiary/aromatic N) is 2. The minimum Gasteiger partial charge on any atom is -0.508 e. The third-order valence-electron chi connectivity index (χ3n) is 8.50. The number of likely N-dealkylation sites (tertiary alicyclic amines) is 2. The second-order valence-electron chi connectivity index (χ2n) is 10.4. The van der Waals surface area contributed by atoms with Gasteiger partial charge in [-0.3, -0.25) is 38.6 Å². The van der Waals surface area contributed by atoms with Crippen LogP contribution in [0.5, 0.6) is 11.5 Å². The van der Waals surface area contributed by atoms with Crippen molar-refractivity contribution in [3.05, 3.63) is 35.4 Å². The molecule has 39 heavy (non-hydrogen) atoms. The second kappa shape index (κ2) is 9.83. The van der Waals surface area contributed by atoms with Crippen LogP contribution < -0.4 is 4.74 Å². The van der Waals surface area contributed by atoms with Crippen LogP contribution >= 0.6 is 0 Å². The Bertz CT molecular complexity index is 1320. The Hall–Kier alpha value is -4.22. The number of fused-ring (bicyclic) bond motifs is 4. The van der Waals surface area contributed by atoms with E-state index in [0.29, 0.717) is 16.9 Å². The molecule has 1 aromatic rings. The first-order chi connectivity index (χ1) is 18.5. The number of hydrogen-bond donors (Lipinski definition) is 3. The summed E-state index contributed by atoms with van der Waals surface area (Å²) in [5.74, 6) is -8.85. The number of imide groups is 2.